The molecule has 7 nitrogen and oxygen atoms in total. The van der Waals surface area contributed by atoms with Gasteiger partial charge in [0.15, 0.2) is 15.7 Å². The minimum Gasteiger partial charge on any atom is -0.399 e. The lowest BCUT2D eigenvalue weighted by molar-refractivity contribution is 0.271. The Morgan fingerprint density at radius 1 is 1.33 bits per heavy atom. The van der Waals surface area contributed by atoms with Gasteiger partial charge < -0.3 is 11.1 Å². The van der Waals surface area contributed by atoms with Crippen LogP contribution in [0.5, 0.6) is 0 Å². The molecule has 0 radical (unpaired) electrons. The van der Waals surface area contributed by atoms with Crippen LogP contribution in [0.25, 0.3) is 5.70 Å². The molecule has 1 saturated carbocycles. The van der Waals surface area contributed by atoms with E-state index in [2.05, 4.69) is 23.1 Å². The quantitative estimate of drug-likeness (QED) is 0.817. The van der Waals surface area contributed by atoms with Gasteiger partial charge in [-0.05, 0) is 37.1 Å². The monoisotopic (exact) mass is 385 g/mol. The number of nitrogens with zero attached hydrogens (tertiary/aromatic N) is 3. The third-order valence-electron chi connectivity index (χ3n) is 4.86. The summed E-state index contributed by atoms with van der Waals surface area (Å²) in [5.41, 5.74) is 7.66. The van der Waals surface area contributed by atoms with Crippen molar-refractivity contribution in [3.8, 4) is 6.07 Å². The average molecular weight is 385 g/mol. The molecule has 0 aliphatic heterocycles. The van der Waals surface area contributed by atoms with Gasteiger partial charge >= 0.3 is 0 Å². The van der Waals surface area contributed by atoms with E-state index in [0.29, 0.717) is 22.8 Å². The van der Waals surface area contributed by atoms with Gasteiger partial charge in [0, 0.05) is 23.8 Å². The molecule has 2 aromatic rings. The highest BCUT2D eigenvalue weighted by atomic mass is 32.2. The second kappa shape index (κ2) is 7.45. The van der Waals surface area contributed by atoms with E-state index >= 15 is 0 Å². The molecule has 1 fully saturated rings. The van der Waals surface area contributed by atoms with Crippen molar-refractivity contribution in [1.82, 2.24) is 9.78 Å². The van der Waals surface area contributed by atoms with E-state index in [1.165, 1.54) is 6.26 Å². The van der Waals surface area contributed by atoms with E-state index < -0.39 is 9.84 Å². The van der Waals surface area contributed by atoms with Crippen molar-refractivity contribution in [2.24, 2.45) is 11.7 Å². The summed E-state index contributed by atoms with van der Waals surface area (Å²) in [6.07, 6.45) is 6.90. The standard InChI is InChI=1S/C19H23N5O2S/c1-13(21)17-12-24(18-6-4-3-5-14(18)11-20)23-19(17)22-15-7-9-16(10-8-15)27(2,25)26/h7-10,12,14,18H,1,3-6,21H2,2H3,(H,22,23). The normalized spacial score (nSPS) is 20.0. The summed E-state index contributed by atoms with van der Waals surface area (Å²) in [5, 5.41) is 17.2. The zero-order chi connectivity index (χ0) is 19.6. The van der Waals surface area contributed by atoms with Crippen LogP contribution in [-0.2, 0) is 9.84 Å². The smallest absolute Gasteiger partial charge is 0.175 e. The number of aromatic nitrogens is 2. The van der Waals surface area contributed by atoms with Crippen LogP contribution in [-0.4, -0.2) is 24.5 Å². The molecule has 2 atom stereocenters. The van der Waals surface area contributed by atoms with Crippen LogP contribution in [0.2, 0.25) is 0 Å². The minimum absolute atomic E-state index is 0.0185. The van der Waals surface area contributed by atoms with Crippen molar-refractivity contribution in [3.05, 3.63) is 42.6 Å². The van der Waals surface area contributed by atoms with Crippen molar-refractivity contribution >= 4 is 27.0 Å². The molecule has 1 aliphatic carbocycles. The van der Waals surface area contributed by atoms with Crippen molar-refractivity contribution in [3.63, 3.8) is 0 Å². The van der Waals surface area contributed by atoms with Gasteiger partial charge in [0.25, 0.3) is 0 Å². The summed E-state index contributed by atoms with van der Waals surface area (Å²) in [6.45, 7) is 3.81. The highest BCUT2D eigenvalue weighted by Crippen LogP contribution is 2.35. The van der Waals surface area contributed by atoms with E-state index in [1.807, 2.05) is 10.9 Å². The van der Waals surface area contributed by atoms with E-state index in [-0.39, 0.29) is 16.9 Å². The minimum atomic E-state index is -3.25. The van der Waals surface area contributed by atoms with E-state index in [1.54, 1.807) is 24.3 Å². The Labute approximate surface area is 159 Å². The van der Waals surface area contributed by atoms with Crippen molar-refractivity contribution in [1.29, 1.82) is 5.26 Å². The number of nitriles is 1. The average Bonchev–Trinajstić information content (AvgIpc) is 3.05. The van der Waals surface area contributed by atoms with Gasteiger partial charge in [0.05, 0.1) is 28.5 Å². The first-order chi connectivity index (χ1) is 12.8. The maximum Gasteiger partial charge on any atom is 0.175 e. The predicted molar refractivity (Wildman–Crippen MR) is 105 cm³/mol. The van der Waals surface area contributed by atoms with Crippen molar-refractivity contribution in [2.45, 2.75) is 36.6 Å². The first-order valence-corrected chi connectivity index (χ1v) is 10.7. The summed E-state index contributed by atoms with van der Waals surface area (Å²) in [7, 11) is -3.25. The molecule has 1 aromatic carbocycles. The molecule has 1 aromatic heterocycles. The fraction of sp³-hybridized carbons (Fsp3) is 0.368. The van der Waals surface area contributed by atoms with Crippen LogP contribution in [0.15, 0.2) is 41.9 Å². The Morgan fingerprint density at radius 2 is 2.00 bits per heavy atom. The molecular formula is C19H23N5O2S. The summed E-state index contributed by atoms with van der Waals surface area (Å²) in [6, 6.07) is 8.84. The zero-order valence-electron chi connectivity index (χ0n) is 15.2. The SMILES string of the molecule is C=C(N)c1cn(C2CCCCC2C#N)nc1Nc1ccc(S(C)(=O)=O)cc1. The van der Waals surface area contributed by atoms with Crippen molar-refractivity contribution < 1.29 is 8.42 Å². The zero-order valence-corrected chi connectivity index (χ0v) is 16.0. The largest absolute Gasteiger partial charge is 0.399 e. The molecule has 0 saturated heterocycles. The molecule has 3 rings (SSSR count). The Hall–Kier alpha value is -2.79. The van der Waals surface area contributed by atoms with Gasteiger partial charge in [-0.3, -0.25) is 4.68 Å². The van der Waals surface area contributed by atoms with Crippen LogP contribution in [0.1, 0.15) is 37.3 Å². The topological polar surface area (TPSA) is 114 Å². The summed E-state index contributed by atoms with van der Waals surface area (Å²) >= 11 is 0. The van der Waals surface area contributed by atoms with Gasteiger partial charge in [-0.1, -0.05) is 19.4 Å². The van der Waals surface area contributed by atoms with Crippen LogP contribution in [0.3, 0.4) is 0 Å². The van der Waals surface area contributed by atoms with E-state index in [0.717, 1.165) is 25.7 Å². The van der Waals surface area contributed by atoms with E-state index in [4.69, 9.17) is 5.73 Å². The fourth-order valence-electron chi connectivity index (χ4n) is 3.39. The lowest BCUT2D eigenvalue weighted by Crippen LogP contribution is -2.22. The molecule has 0 bridgehead atoms. The number of anilines is 2. The molecule has 27 heavy (non-hydrogen) atoms. The Morgan fingerprint density at radius 3 is 2.59 bits per heavy atom. The van der Waals surface area contributed by atoms with Gasteiger partial charge in [0.1, 0.15) is 0 Å². The molecule has 1 aliphatic rings. The summed E-state index contributed by atoms with van der Waals surface area (Å²) < 4.78 is 25.0. The number of nitrogens with two attached hydrogens (primary N) is 1. The molecule has 142 valence electrons. The molecule has 0 spiro atoms. The number of hydrogen-bond acceptors (Lipinski definition) is 6. The second-order valence-electron chi connectivity index (χ2n) is 6.91. The van der Waals surface area contributed by atoms with Crippen LogP contribution in [0.4, 0.5) is 11.5 Å². The maximum atomic E-state index is 11.6. The molecule has 8 heteroatoms. The third kappa shape index (κ3) is 4.14. The third-order valence-corrected chi connectivity index (χ3v) is 5.99. The van der Waals surface area contributed by atoms with Crippen LogP contribution >= 0.6 is 0 Å². The maximum absolute atomic E-state index is 11.6. The Balaban J connectivity index is 1.90. The molecular weight excluding hydrogens is 362 g/mol. The molecule has 1 heterocycles. The predicted octanol–water partition coefficient (Wildman–Crippen LogP) is 3.21. The lowest BCUT2D eigenvalue weighted by atomic mass is 9.85. The van der Waals surface area contributed by atoms with Gasteiger partial charge in [-0.2, -0.15) is 10.4 Å². The lowest BCUT2D eigenvalue weighted by Gasteiger charge is -2.26. The number of benzene rings is 1. The number of sulfone groups is 1. The van der Waals surface area contributed by atoms with Crippen molar-refractivity contribution in [2.75, 3.05) is 11.6 Å². The van der Waals surface area contributed by atoms with Crippen LogP contribution in [0, 0.1) is 17.2 Å². The Bertz CT molecular complexity index is 986. The molecule has 0 amide bonds. The fourth-order valence-corrected chi connectivity index (χ4v) is 4.02. The number of hydrogen-bond donors (Lipinski definition) is 2. The van der Waals surface area contributed by atoms with Gasteiger partial charge in [-0.15, -0.1) is 0 Å². The van der Waals surface area contributed by atoms with Crippen LogP contribution < -0.4 is 11.1 Å². The summed E-state index contributed by atoms with van der Waals surface area (Å²) in [5.74, 6) is 0.469. The number of rotatable bonds is 5. The van der Waals surface area contributed by atoms with Gasteiger partial charge in [0.2, 0.25) is 0 Å². The highest BCUT2D eigenvalue weighted by molar-refractivity contribution is 7.90. The molecule has 2 unspecified atom stereocenters. The molecule has 3 N–H and O–H groups in total. The number of nitrogens with one attached hydrogen (secondary N) is 1. The Kier molecular flexibility index (Phi) is 5.24. The van der Waals surface area contributed by atoms with E-state index in [9.17, 15) is 13.7 Å². The highest BCUT2D eigenvalue weighted by Gasteiger charge is 2.28. The second-order valence-corrected chi connectivity index (χ2v) is 8.92. The first-order valence-electron chi connectivity index (χ1n) is 8.80. The summed E-state index contributed by atoms with van der Waals surface area (Å²) in [4.78, 5) is 0.251. The van der Waals surface area contributed by atoms with Gasteiger partial charge in [-0.25, -0.2) is 8.42 Å². The first kappa shape index (κ1) is 19.0.